The van der Waals surface area contributed by atoms with Crippen LogP contribution in [0, 0.1) is 0 Å². The minimum Gasteiger partial charge on any atom is -0.493 e. The Morgan fingerprint density at radius 3 is 2.43 bits per heavy atom. The van der Waals surface area contributed by atoms with Crippen LogP contribution >= 0.6 is 11.8 Å². The maximum Gasteiger partial charge on any atom is 0.269 e. The maximum atomic E-state index is 14.0. The summed E-state index contributed by atoms with van der Waals surface area (Å²) in [6, 6.07) is 21.5. The molecule has 2 aliphatic rings. The summed E-state index contributed by atoms with van der Waals surface area (Å²) in [5, 5.41) is 2.82. The fourth-order valence-electron chi connectivity index (χ4n) is 4.55. The van der Waals surface area contributed by atoms with Crippen molar-refractivity contribution in [2.75, 3.05) is 41.6 Å². The Labute approximate surface area is 206 Å². The van der Waals surface area contributed by atoms with E-state index in [4.69, 9.17) is 9.47 Å². The number of anilines is 3. The summed E-state index contributed by atoms with van der Waals surface area (Å²) in [6.07, 6.45) is 0. The molecule has 3 aromatic rings. The van der Waals surface area contributed by atoms with Crippen LogP contribution in [-0.2, 0) is 19.3 Å². The van der Waals surface area contributed by atoms with E-state index in [0.29, 0.717) is 34.1 Å². The summed E-state index contributed by atoms with van der Waals surface area (Å²) in [5.41, 5.74) is 2.47. The molecule has 1 spiro atoms. The molecule has 3 aromatic carbocycles. The van der Waals surface area contributed by atoms with Gasteiger partial charge in [0.15, 0.2) is 11.5 Å². The number of para-hydroxylation sites is 2. The van der Waals surface area contributed by atoms with Gasteiger partial charge < -0.3 is 14.8 Å². The maximum absolute atomic E-state index is 14.0. The van der Waals surface area contributed by atoms with E-state index in [1.54, 1.807) is 29.2 Å². The second-order valence-corrected chi connectivity index (χ2v) is 9.19. The highest BCUT2D eigenvalue weighted by Gasteiger charge is 2.61. The third-order valence-corrected chi connectivity index (χ3v) is 7.43. The highest BCUT2D eigenvalue weighted by atomic mass is 32.2. The quantitative estimate of drug-likeness (QED) is 0.569. The number of rotatable bonds is 6. The van der Waals surface area contributed by atoms with Gasteiger partial charge in [-0.2, -0.15) is 0 Å². The van der Waals surface area contributed by atoms with Crippen LogP contribution in [0.3, 0.4) is 0 Å². The number of carbonyl (C=O) groups excluding carboxylic acids is 3. The fraction of sp³-hybridized carbons (Fsp3) is 0.192. The Morgan fingerprint density at radius 1 is 0.971 bits per heavy atom. The largest absolute Gasteiger partial charge is 0.493 e. The number of ether oxygens (including phenoxy) is 2. The van der Waals surface area contributed by atoms with Gasteiger partial charge in [0, 0.05) is 23.0 Å². The second-order valence-electron chi connectivity index (χ2n) is 8.02. The van der Waals surface area contributed by atoms with E-state index in [0.717, 1.165) is 0 Å². The number of fused-ring (bicyclic) bond motifs is 2. The molecular weight excluding hydrogens is 466 g/mol. The van der Waals surface area contributed by atoms with Gasteiger partial charge in [0.1, 0.15) is 6.54 Å². The van der Waals surface area contributed by atoms with Crippen molar-refractivity contribution in [3.8, 4) is 11.5 Å². The van der Waals surface area contributed by atoms with E-state index in [1.807, 2.05) is 48.5 Å². The summed E-state index contributed by atoms with van der Waals surface area (Å²) in [5.74, 6) is 0.340. The molecule has 3 amide bonds. The van der Waals surface area contributed by atoms with Crippen molar-refractivity contribution in [1.29, 1.82) is 0 Å². The topological polar surface area (TPSA) is 88.2 Å². The molecule has 0 bridgehead atoms. The van der Waals surface area contributed by atoms with Crippen molar-refractivity contribution < 1.29 is 23.9 Å². The van der Waals surface area contributed by atoms with Gasteiger partial charge >= 0.3 is 0 Å². The molecule has 35 heavy (non-hydrogen) atoms. The van der Waals surface area contributed by atoms with E-state index < -0.39 is 4.87 Å². The van der Waals surface area contributed by atoms with Gasteiger partial charge in [-0.15, -0.1) is 11.8 Å². The van der Waals surface area contributed by atoms with Crippen LogP contribution in [-0.4, -0.2) is 44.2 Å². The molecule has 9 heteroatoms. The van der Waals surface area contributed by atoms with Crippen molar-refractivity contribution >= 4 is 46.5 Å². The number of nitrogens with one attached hydrogen (secondary N) is 1. The van der Waals surface area contributed by atoms with Gasteiger partial charge in [-0.05, 0) is 30.3 Å². The second kappa shape index (κ2) is 8.99. The Kier molecular flexibility index (Phi) is 5.86. The van der Waals surface area contributed by atoms with Gasteiger partial charge in [0.05, 0.1) is 25.7 Å². The van der Waals surface area contributed by atoms with Crippen molar-refractivity contribution in [1.82, 2.24) is 0 Å². The molecule has 2 aliphatic heterocycles. The first kappa shape index (κ1) is 22.8. The van der Waals surface area contributed by atoms with Gasteiger partial charge in [-0.3, -0.25) is 24.2 Å². The van der Waals surface area contributed by atoms with Crippen LogP contribution in [0.25, 0.3) is 0 Å². The van der Waals surface area contributed by atoms with Crippen molar-refractivity contribution in [2.45, 2.75) is 4.87 Å². The number of hydrogen-bond acceptors (Lipinski definition) is 6. The minimum atomic E-state index is -1.25. The van der Waals surface area contributed by atoms with E-state index >= 15 is 0 Å². The van der Waals surface area contributed by atoms with Crippen LogP contribution in [0.2, 0.25) is 0 Å². The highest BCUT2D eigenvalue weighted by Crippen LogP contribution is 2.55. The number of carbonyl (C=O) groups is 3. The Bertz CT molecular complexity index is 1320. The zero-order valence-corrected chi connectivity index (χ0v) is 20.0. The Balaban J connectivity index is 1.46. The first-order chi connectivity index (χ1) is 17.0. The Hall–Kier alpha value is -3.98. The number of nitrogens with zero attached hydrogens (tertiary/aromatic N) is 2. The molecule has 2 heterocycles. The summed E-state index contributed by atoms with van der Waals surface area (Å²) >= 11 is 1.28. The highest BCUT2D eigenvalue weighted by molar-refractivity contribution is 8.02. The molecule has 8 nitrogen and oxygen atoms in total. The lowest BCUT2D eigenvalue weighted by molar-refractivity contribution is -0.124. The number of thioether (sulfide) groups is 1. The molecule has 178 valence electrons. The molecule has 0 radical (unpaired) electrons. The number of hydrogen-bond donors (Lipinski definition) is 1. The average molecular weight is 490 g/mol. The first-order valence-electron chi connectivity index (χ1n) is 10.9. The summed E-state index contributed by atoms with van der Waals surface area (Å²) in [4.78, 5) is 41.8. The van der Waals surface area contributed by atoms with Crippen LogP contribution in [0.4, 0.5) is 17.1 Å². The van der Waals surface area contributed by atoms with Gasteiger partial charge in [-0.25, -0.2) is 0 Å². The molecule has 1 saturated heterocycles. The lowest BCUT2D eigenvalue weighted by Crippen LogP contribution is -2.50. The lowest BCUT2D eigenvalue weighted by atomic mass is 10.0. The molecule has 0 saturated carbocycles. The number of benzene rings is 3. The molecular formula is C26H23N3O5S. The van der Waals surface area contributed by atoms with Gasteiger partial charge in [-0.1, -0.05) is 36.4 Å². The van der Waals surface area contributed by atoms with Crippen molar-refractivity contribution in [3.05, 3.63) is 78.4 Å². The predicted molar refractivity (Wildman–Crippen MR) is 135 cm³/mol. The van der Waals surface area contributed by atoms with E-state index in [-0.39, 0.29) is 30.0 Å². The van der Waals surface area contributed by atoms with Gasteiger partial charge in [0.2, 0.25) is 16.7 Å². The third-order valence-electron chi connectivity index (χ3n) is 6.05. The monoisotopic (exact) mass is 489 g/mol. The average Bonchev–Trinajstić information content (AvgIpc) is 3.35. The van der Waals surface area contributed by atoms with E-state index in [1.165, 1.54) is 30.9 Å². The smallest absolute Gasteiger partial charge is 0.269 e. The number of amides is 3. The molecule has 0 aliphatic carbocycles. The number of methoxy groups -OCH3 is 2. The minimum absolute atomic E-state index is 0.152. The van der Waals surface area contributed by atoms with E-state index in [9.17, 15) is 14.4 Å². The predicted octanol–water partition coefficient (Wildman–Crippen LogP) is 3.62. The molecule has 1 fully saturated rings. The van der Waals surface area contributed by atoms with Crippen LogP contribution < -0.4 is 24.6 Å². The van der Waals surface area contributed by atoms with Gasteiger partial charge in [0.25, 0.3) is 5.91 Å². The molecule has 5 rings (SSSR count). The third kappa shape index (κ3) is 3.68. The summed E-state index contributed by atoms with van der Waals surface area (Å²) in [6.45, 7) is -0.205. The zero-order valence-electron chi connectivity index (χ0n) is 19.2. The molecule has 1 atom stereocenters. The van der Waals surface area contributed by atoms with Crippen molar-refractivity contribution in [3.63, 3.8) is 0 Å². The lowest BCUT2D eigenvalue weighted by Gasteiger charge is -2.33. The first-order valence-corrected chi connectivity index (χ1v) is 11.9. The fourth-order valence-corrected chi connectivity index (χ4v) is 5.91. The summed E-state index contributed by atoms with van der Waals surface area (Å²) in [7, 11) is 3.05. The Morgan fingerprint density at radius 2 is 1.69 bits per heavy atom. The van der Waals surface area contributed by atoms with E-state index in [2.05, 4.69) is 5.32 Å². The van der Waals surface area contributed by atoms with Crippen LogP contribution in [0.5, 0.6) is 11.5 Å². The molecule has 1 N–H and O–H groups in total. The van der Waals surface area contributed by atoms with Crippen molar-refractivity contribution in [2.24, 2.45) is 0 Å². The SMILES string of the molecule is COc1ccc(NC(=O)CN2C(=O)[C@@]3(SCC(=O)N3c3ccccc3)c3ccccc32)cc1OC. The normalized spacial score (nSPS) is 18.7. The van der Waals surface area contributed by atoms with Crippen LogP contribution in [0.15, 0.2) is 72.8 Å². The standard InChI is InChI=1S/C26H23N3O5S/c1-33-21-13-12-17(14-22(21)34-2)27-23(30)15-28-20-11-7-6-10-19(20)26(25(28)32)29(24(31)16-35-26)18-8-4-3-5-9-18/h3-14H,15-16H2,1-2H3,(H,27,30)/t26-/m0/s1. The summed E-state index contributed by atoms with van der Waals surface area (Å²) < 4.78 is 10.5. The zero-order chi connectivity index (χ0) is 24.6. The van der Waals surface area contributed by atoms with Crippen LogP contribution in [0.1, 0.15) is 5.56 Å². The molecule has 0 aromatic heterocycles. The molecule has 0 unspecified atom stereocenters.